The molecular weight excluding hydrogens is 422 g/mol. The van der Waals surface area contributed by atoms with Gasteiger partial charge in [0.25, 0.3) is 10.0 Å². The molecule has 0 bridgehead atoms. The number of benzene rings is 3. The Morgan fingerprint density at radius 1 is 0.906 bits per heavy atom. The molecule has 0 radical (unpaired) electrons. The number of para-hydroxylation sites is 2. The minimum absolute atomic E-state index is 0.127. The Kier molecular flexibility index (Phi) is 5.11. The Balaban J connectivity index is 1.60. The molecule has 0 aliphatic carbocycles. The third kappa shape index (κ3) is 3.50. The van der Waals surface area contributed by atoms with Crippen molar-refractivity contribution in [1.29, 1.82) is 0 Å². The number of hydrogen-bond donors (Lipinski definition) is 0. The van der Waals surface area contributed by atoms with Gasteiger partial charge >= 0.3 is 0 Å². The molecule has 6 nitrogen and oxygen atoms in total. The van der Waals surface area contributed by atoms with Crippen LogP contribution in [0.5, 0.6) is 0 Å². The fourth-order valence-electron chi connectivity index (χ4n) is 4.11. The minimum atomic E-state index is -4.00. The predicted octanol–water partition coefficient (Wildman–Crippen LogP) is 4.02. The van der Waals surface area contributed by atoms with Gasteiger partial charge in [0.1, 0.15) is 6.54 Å². The van der Waals surface area contributed by atoms with E-state index in [9.17, 15) is 13.2 Å². The van der Waals surface area contributed by atoms with E-state index in [1.165, 1.54) is 16.4 Å². The first-order chi connectivity index (χ1) is 15.6. The lowest BCUT2D eigenvalue weighted by atomic mass is 10.2. The molecule has 1 aliphatic rings. The van der Waals surface area contributed by atoms with Gasteiger partial charge in [-0.3, -0.25) is 14.1 Å². The van der Waals surface area contributed by atoms with Crippen LogP contribution >= 0.6 is 0 Å². The van der Waals surface area contributed by atoms with Crippen molar-refractivity contribution in [3.05, 3.63) is 96.7 Å². The number of nitrogens with zero attached hydrogens (tertiary/aromatic N) is 3. The summed E-state index contributed by atoms with van der Waals surface area (Å²) in [6, 6.07) is 24.9. The molecule has 5 rings (SSSR count). The molecule has 1 amide bonds. The van der Waals surface area contributed by atoms with E-state index in [1.54, 1.807) is 47.5 Å². The van der Waals surface area contributed by atoms with Crippen molar-refractivity contribution in [2.24, 2.45) is 0 Å². The molecule has 4 aromatic rings. The van der Waals surface area contributed by atoms with Crippen LogP contribution in [0.25, 0.3) is 10.9 Å². The topological polar surface area (TPSA) is 70.6 Å². The zero-order chi connectivity index (χ0) is 22.1. The second-order valence-electron chi connectivity index (χ2n) is 7.60. The Bertz CT molecular complexity index is 1400. The quantitative estimate of drug-likeness (QED) is 0.467. The molecule has 7 heteroatoms. The highest BCUT2D eigenvalue weighted by Crippen LogP contribution is 2.32. The van der Waals surface area contributed by atoms with Crippen LogP contribution in [-0.2, 0) is 21.2 Å². The van der Waals surface area contributed by atoms with Crippen LogP contribution in [0.4, 0.5) is 11.4 Å². The van der Waals surface area contributed by atoms with Gasteiger partial charge in [-0.15, -0.1) is 0 Å². The van der Waals surface area contributed by atoms with Crippen molar-refractivity contribution in [2.75, 3.05) is 22.3 Å². The number of anilines is 2. The summed E-state index contributed by atoms with van der Waals surface area (Å²) >= 11 is 0. The van der Waals surface area contributed by atoms with Crippen molar-refractivity contribution in [3.63, 3.8) is 0 Å². The lowest BCUT2D eigenvalue weighted by Crippen LogP contribution is -2.42. The van der Waals surface area contributed by atoms with E-state index < -0.39 is 10.0 Å². The average molecular weight is 444 g/mol. The van der Waals surface area contributed by atoms with Crippen LogP contribution in [0, 0.1) is 0 Å². The molecule has 0 atom stereocenters. The predicted molar refractivity (Wildman–Crippen MR) is 125 cm³/mol. The van der Waals surface area contributed by atoms with E-state index in [2.05, 4.69) is 4.98 Å². The summed E-state index contributed by atoms with van der Waals surface area (Å²) in [6.07, 6.45) is 2.38. The Labute approximate surface area is 186 Å². The molecule has 0 unspecified atom stereocenters. The second-order valence-corrected chi connectivity index (χ2v) is 9.46. The molecule has 160 valence electrons. The molecule has 2 heterocycles. The highest BCUT2D eigenvalue weighted by Gasteiger charge is 2.32. The Morgan fingerprint density at radius 3 is 2.50 bits per heavy atom. The standard InChI is InChI=1S/C25H21N3O3S/c29-24(27-17-15-19-8-4-5-13-22(19)27)18-28(32(30,31)21-11-2-1-3-12-21)23-14-6-9-20-10-7-16-26-25(20)23/h1-14,16H,15,17-18H2. The number of sulfonamides is 1. The molecule has 1 aromatic heterocycles. The first-order valence-electron chi connectivity index (χ1n) is 10.4. The summed E-state index contributed by atoms with van der Waals surface area (Å²) in [5, 5.41) is 0.803. The maximum atomic E-state index is 13.7. The third-order valence-corrected chi connectivity index (χ3v) is 7.45. The molecule has 0 N–H and O–H groups in total. The van der Waals surface area contributed by atoms with Crippen molar-refractivity contribution >= 4 is 38.2 Å². The lowest BCUT2D eigenvalue weighted by Gasteiger charge is -2.27. The summed E-state index contributed by atoms with van der Waals surface area (Å²) in [6.45, 7) is 0.215. The first-order valence-corrected chi connectivity index (χ1v) is 11.8. The normalized spacial score (nSPS) is 13.2. The van der Waals surface area contributed by atoms with Gasteiger partial charge < -0.3 is 4.90 Å². The number of fused-ring (bicyclic) bond motifs is 2. The molecule has 0 spiro atoms. The second kappa shape index (κ2) is 8.09. The molecule has 0 fully saturated rings. The van der Waals surface area contributed by atoms with E-state index in [0.717, 1.165) is 23.1 Å². The van der Waals surface area contributed by atoms with Gasteiger partial charge in [0.15, 0.2) is 0 Å². The molecule has 0 saturated heterocycles. The van der Waals surface area contributed by atoms with Crippen LogP contribution in [0.1, 0.15) is 5.56 Å². The maximum absolute atomic E-state index is 13.7. The largest absolute Gasteiger partial charge is 0.310 e. The molecule has 32 heavy (non-hydrogen) atoms. The summed E-state index contributed by atoms with van der Waals surface area (Å²) in [4.78, 5) is 19.6. The fraction of sp³-hybridized carbons (Fsp3) is 0.120. The zero-order valence-electron chi connectivity index (χ0n) is 17.3. The number of carbonyl (C=O) groups is 1. The van der Waals surface area contributed by atoms with E-state index in [1.807, 2.05) is 36.4 Å². The van der Waals surface area contributed by atoms with Gasteiger partial charge in [-0.1, -0.05) is 54.6 Å². The van der Waals surface area contributed by atoms with Gasteiger partial charge in [0, 0.05) is 23.8 Å². The minimum Gasteiger partial charge on any atom is -0.310 e. The molecule has 3 aromatic carbocycles. The smallest absolute Gasteiger partial charge is 0.264 e. The summed E-state index contributed by atoms with van der Waals surface area (Å²) in [5.41, 5.74) is 2.84. The SMILES string of the molecule is O=C(CN(c1cccc2cccnc12)S(=O)(=O)c1ccccc1)N1CCc2ccccc21. The number of pyridine rings is 1. The lowest BCUT2D eigenvalue weighted by molar-refractivity contribution is -0.117. The summed E-state index contributed by atoms with van der Waals surface area (Å²) < 4.78 is 28.6. The molecule has 0 saturated carbocycles. The highest BCUT2D eigenvalue weighted by molar-refractivity contribution is 7.92. The van der Waals surface area contributed by atoms with Crippen LogP contribution in [0.15, 0.2) is 96.0 Å². The van der Waals surface area contributed by atoms with E-state index in [4.69, 9.17) is 0 Å². The van der Waals surface area contributed by atoms with Crippen LogP contribution in [0.2, 0.25) is 0 Å². The summed E-state index contributed by atoms with van der Waals surface area (Å²) in [7, 11) is -4.00. The zero-order valence-corrected chi connectivity index (χ0v) is 18.1. The number of rotatable bonds is 5. The monoisotopic (exact) mass is 443 g/mol. The fourth-order valence-corrected chi connectivity index (χ4v) is 5.56. The van der Waals surface area contributed by atoms with Crippen molar-refractivity contribution in [1.82, 2.24) is 4.98 Å². The van der Waals surface area contributed by atoms with E-state index in [-0.39, 0.29) is 17.3 Å². The molecule has 1 aliphatic heterocycles. The summed E-state index contributed by atoms with van der Waals surface area (Å²) in [5.74, 6) is -0.276. The van der Waals surface area contributed by atoms with E-state index >= 15 is 0 Å². The van der Waals surface area contributed by atoms with Crippen molar-refractivity contribution in [3.8, 4) is 0 Å². The average Bonchev–Trinajstić information content (AvgIpc) is 3.27. The highest BCUT2D eigenvalue weighted by atomic mass is 32.2. The van der Waals surface area contributed by atoms with Gasteiger partial charge in [-0.25, -0.2) is 8.42 Å². The van der Waals surface area contributed by atoms with Crippen LogP contribution in [-0.4, -0.2) is 32.4 Å². The van der Waals surface area contributed by atoms with Gasteiger partial charge in [-0.2, -0.15) is 0 Å². The number of amides is 1. The van der Waals surface area contributed by atoms with Gasteiger partial charge in [-0.05, 0) is 42.3 Å². The van der Waals surface area contributed by atoms with Crippen LogP contribution in [0.3, 0.4) is 0 Å². The maximum Gasteiger partial charge on any atom is 0.264 e. The number of aromatic nitrogens is 1. The van der Waals surface area contributed by atoms with Crippen molar-refractivity contribution < 1.29 is 13.2 Å². The Hall–Kier alpha value is -3.71. The van der Waals surface area contributed by atoms with Gasteiger partial charge in [0.2, 0.25) is 5.91 Å². The molecular formula is C25H21N3O3S. The number of hydrogen-bond acceptors (Lipinski definition) is 4. The van der Waals surface area contributed by atoms with E-state index in [0.29, 0.717) is 17.7 Å². The first kappa shape index (κ1) is 20.2. The van der Waals surface area contributed by atoms with Gasteiger partial charge in [0.05, 0.1) is 16.1 Å². The van der Waals surface area contributed by atoms with Crippen molar-refractivity contribution in [2.45, 2.75) is 11.3 Å². The Morgan fingerprint density at radius 2 is 1.66 bits per heavy atom. The van der Waals surface area contributed by atoms with Crippen LogP contribution < -0.4 is 9.21 Å². The third-order valence-electron chi connectivity index (χ3n) is 5.68. The number of carbonyl (C=O) groups excluding carboxylic acids is 1.